The van der Waals surface area contributed by atoms with Crippen molar-refractivity contribution < 1.29 is 9.90 Å². The van der Waals surface area contributed by atoms with Crippen LogP contribution in [0.5, 0.6) is 0 Å². The minimum absolute atomic E-state index is 0.108. The maximum Gasteiger partial charge on any atom is 0.237 e. The minimum Gasteiger partial charge on any atom is -0.395 e. The molecule has 0 heterocycles. The lowest BCUT2D eigenvalue weighted by molar-refractivity contribution is -0.136. The number of carbonyl (C=O) groups excluding carboxylic acids is 1. The number of rotatable bonds is 8. The number of aliphatic hydroxyl groups is 1. The second-order valence-electron chi connectivity index (χ2n) is 4.99. The third-order valence-electron chi connectivity index (χ3n) is 2.72. The Morgan fingerprint density at radius 2 is 1.65 bits per heavy atom. The Morgan fingerprint density at radius 3 is 2.00 bits per heavy atom. The average Bonchev–Trinajstić information content (AvgIpc) is 2.16. The van der Waals surface area contributed by atoms with Crippen LogP contribution in [-0.2, 0) is 4.79 Å². The molecular formula is C13H28N2O2. The summed E-state index contributed by atoms with van der Waals surface area (Å²) in [7, 11) is 0. The molecule has 0 aliphatic carbocycles. The Bertz CT molecular complexity index is 203. The highest BCUT2D eigenvalue weighted by atomic mass is 16.3. The van der Waals surface area contributed by atoms with Crippen LogP contribution >= 0.6 is 0 Å². The molecule has 4 nitrogen and oxygen atoms in total. The molecule has 0 saturated heterocycles. The van der Waals surface area contributed by atoms with Gasteiger partial charge < -0.3 is 10.0 Å². The van der Waals surface area contributed by atoms with Crippen molar-refractivity contribution in [2.24, 2.45) is 0 Å². The van der Waals surface area contributed by atoms with E-state index in [0.717, 1.165) is 13.0 Å². The van der Waals surface area contributed by atoms with Crippen LogP contribution in [0, 0.1) is 0 Å². The van der Waals surface area contributed by atoms with Crippen molar-refractivity contribution in [2.75, 3.05) is 26.2 Å². The van der Waals surface area contributed by atoms with Gasteiger partial charge in [0.15, 0.2) is 0 Å². The molecule has 0 rings (SSSR count). The first-order valence-corrected chi connectivity index (χ1v) is 6.58. The van der Waals surface area contributed by atoms with Gasteiger partial charge in [0.2, 0.25) is 5.91 Å². The first kappa shape index (κ1) is 16.4. The summed E-state index contributed by atoms with van der Waals surface area (Å²) >= 11 is 0. The van der Waals surface area contributed by atoms with E-state index in [1.54, 1.807) is 0 Å². The number of carbonyl (C=O) groups is 1. The third kappa shape index (κ3) is 6.03. The largest absolute Gasteiger partial charge is 0.395 e. The molecule has 0 atom stereocenters. The molecule has 0 radical (unpaired) electrons. The van der Waals surface area contributed by atoms with Crippen LogP contribution in [0.15, 0.2) is 0 Å². The molecule has 1 N–H and O–H groups in total. The van der Waals surface area contributed by atoms with E-state index in [0.29, 0.717) is 13.1 Å². The van der Waals surface area contributed by atoms with Crippen molar-refractivity contribution >= 4 is 5.91 Å². The first-order chi connectivity index (χ1) is 7.93. The standard InChI is InChI=1S/C13H28N2O2/c1-6-7-14(8-9-16)10-13(17)15(11(2)3)12(4)5/h11-12,16H,6-10H2,1-5H3. The number of hydrogen-bond donors (Lipinski definition) is 1. The zero-order valence-corrected chi connectivity index (χ0v) is 11.9. The molecule has 0 saturated carbocycles. The van der Waals surface area contributed by atoms with E-state index in [1.165, 1.54) is 0 Å². The van der Waals surface area contributed by atoms with Crippen molar-refractivity contribution in [1.29, 1.82) is 0 Å². The third-order valence-corrected chi connectivity index (χ3v) is 2.72. The van der Waals surface area contributed by atoms with Crippen molar-refractivity contribution in [3.8, 4) is 0 Å². The molecule has 102 valence electrons. The SMILES string of the molecule is CCCN(CCO)CC(=O)N(C(C)C)C(C)C. The van der Waals surface area contributed by atoms with Gasteiger partial charge in [-0.1, -0.05) is 6.92 Å². The summed E-state index contributed by atoms with van der Waals surface area (Å²) in [5.41, 5.74) is 0. The summed E-state index contributed by atoms with van der Waals surface area (Å²) in [5, 5.41) is 8.97. The second kappa shape index (κ2) is 8.48. The molecule has 0 fully saturated rings. The van der Waals surface area contributed by atoms with Crippen LogP contribution < -0.4 is 0 Å². The highest BCUT2D eigenvalue weighted by molar-refractivity contribution is 5.78. The molecule has 0 aromatic carbocycles. The van der Waals surface area contributed by atoms with Gasteiger partial charge >= 0.3 is 0 Å². The molecular weight excluding hydrogens is 216 g/mol. The smallest absolute Gasteiger partial charge is 0.237 e. The van der Waals surface area contributed by atoms with Crippen molar-refractivity contribution in [3.05, 3.63) is 0 Å². The molecule has 0 unspecified atom stereocenters. The molecule has 0 aromatic heterocycles. The van der Waals surface area contributed by atoms with Crippen LogP contribution in [0.25, 0.3) is 0 Å². The van der Waals surface area contributed by atoms with Gasteiger partial charge in [0, 0.05) is 18.6 Å². The second-order valence-corrected chi connectivity index (χ2v) is 4.99. The number of amides is 1. The molecule has 17 heavy (non-hydrogen) atoms. The summed E-state index contributed by atoms with van der Waals surface area (Å²) < 4.78 is 0. The van der Waals surface area contributed by atoms with Gasteiger partial charge in [-0.2, -0.15) is 0 Å². The monoisotopic (exact) mass is 244 g/mol. The van der Waals surface area contributed by atoms with Gasteiger partial charge in [0.1, 0.15) is 0 Å². The quantitative estimate of drug-likeness (QED) is 0.700. The van der Waals surface area contributed by atoms with Gasteiger partial charge in [0.25, 0.3) is 0 Å². The molecule has 0 aliphatic rings. The van der Waals surface area contributed by atoms with Gasteiger partial charge in [-0.05, 0) is 40.7 Å². The van der Waals surface area contributed by atoms with Crippen molar-refractivity contribution in [2.45, 2.75) is 53.1 Å². The van der Waals surface area contributed by atoms with E-state index in [1.807, 2.05) is 37.5 Å². The Labute approximate surface area is 106 Å². The molecule has 0 aliphatic heterocycles. The molecule has 4 heteroatoms. The summed E-state index contributed by atoms with van der Waals surface area (Å²) in [6, 6.07) is 0.445. The average molecular weight is 244 g/mol. The van der Waals surface area contributed by atoms with Crippen molar-refractivity contribution in [3.63, 3.8) is 0 Å². The van der Waals surface area contributed by atoms with E-state index in [2.05, 4.69) is 6.92 Å². The van der Waals surface area contributed by atoms with E-state index in [4.69, 9.17) is 5.11 Å². The van der Waals surface area contributed by atoms with E-state index < -0.39 is 0 Å². The summed E-state index contributed by atoms with van der Waals surface area (Å²) in [6.07, 6.45) is 0.997. The van der Waals surface area contributed by atoms with E-state index in [-0.39, 0.29) is 24.6 Å². The maximum absolute atomic E-state index is 12.2. The van der Waals surface area contributed by atoms with Gasteiger partial charge in [-0.25, -0.2) is 0 Å². The van der Waals surface area contributed by atoms with Gasteiger partial charge in [-0.3, -0.25) is 9.69 Å². The highest BCUT2D eigenvalue weighted by Crippen LogP contribution is 2.06. The zero-order chi connectivity index (χ0) is 13.4. The molecule has 1 amide bonds. The first-order valence-electron chi connectivity index (χ1n) is 6.58. The Morgan fingerprint density at radius 1 is 1.12 bits per heavy atom. The lowest BCUT2D eigenvalue weighted by atomic mass is 10.2. The highest BCUT2D eigenvalue weighted by Gasteiger charge is 2.21. The molecule has 0 spiro atoms. The fraction of sp³-hybridized carbons (Fsp3) is 0.923. The van der Waals surface area contributed by atoms with E-state index >= 15 is 0 Å². The molecule has 0 bridgehead atoms. The van der Waals surface area contributed by atoms with Gasteiger partial charge in [0.05, 0.1) is 13.2 Å². The Balaban J connectivity index is 4.44. The van der Waals surface area contributed by atoms with Gasteiger partial charge in [-0.15, -0.1) is 0 Å². The fourth-order valence-electron chi connectivity index (χ4n) is 2.17. The lowest BCUT2D eigenvalue weighted by Gasteiger charge is -2.33. The Kier molecular flexibility index (Phi) is 8.17. The number of nitrogens with zero attached hydrogens (tertiary/aromatic N) is 2. The summed E-state index contributed by atoms with van der Waals surface area (Å²) in [4.78, 5) is 16.1. The predicted molar refractivity (Wildman–Crippen MR) is 70.9 cm³/mol. The topological polar surface area (TPSA) is 43.8 Å². The summed E-state index contributed by atoms with van der Waals surface area (Å²) in [6.45, 7) is 12.2. The van der Waals surface area contributed by atoms with Crippen molar-refractivity contribution in [1.82, 2.24) is 9.80 Å². The fourth-order valence-corrected chi connectivity index (χ4v) is 2.17. The normalized spacial score (nSPS) is 11.6. The van der Waals surface area contributed by atoms with Crippen LogP contribution in [0.4, 0.5) is 0 Å². The number of hydrogen-bond acceptors (Lipinski definition) is 3. The van der Waals surface area contributed by atoms with Crippen LogP contribution in [0.3, 0.4) is 0 Å². The van der Waals surface area contributed by atoms with Crippen LogP contribution in [0.1, 0.15) is 41.0 Å². The maximum atomic E-state index is 12.2. The van der Waals surface area contributed by atoms with Crippen LogP contribution in [-0.4, -0.2) is 59.1 Å². The lowest BCUT2D eigenvalue weighted by Crippen LogP contribution is -2.47. The minimum atomic E-state index is 0.108. The zero-order valence-electron chi connectivity index (χ0n) is 11.9. The summed E-state index contributed by atoms with van der Waals surface area (Å²) in [5.74, 6) is 0.150. The number of aliphatic hydroxyl groups excluding tert-OH is 1. The van der Waals surface area contributed by atoms with Crippen LogP contribution in [0.2, 0.25) is 0 Å². The van der Waals surface area contributed by atoms with E-state index in [9.17, 15) is 4.79 Å². The Hall–Kier alpha value is -0.610. The predicted octanol–water partition coefficient (Wildman–Crippen LogP) is 1.34. The molecule has 0 aromatic rings.